The van der Waals surface area contributed by atoms with E-state index in [9.17, 15) is 4.79 Å². The Morgan fingerprint density at radius 3 is 2.00 bits per heavy atom. The highest BCUT2D eigenvalue weighted by molar-refractivity contribution is 5.74. The summed E-state index contributed by atoms with van der Waals surface area (Å²) in [5, 5.41) is 6.03. The van der Waals surface area contributed by atoms with Gasteiger partial charge < -0.3 is 15.4 Å². The number of carbonyl (C=O) groups is 1. The Balaban J connectivity index is 1.76. The Kier molecular flexibility index (Phi) is 9.51. The lowest BCUT2D eigenvalue weighted by atomic mass is 9.98. The van der Waals surface area contributed by atoms with Crippen molar-refractivity contribution in [2.75, 3.05) is 6.73 Å². The van der Waals surface area contributed by atoms with Gasteiger partial charge in [0.25, 0.3) is 0 Å². The molecule has 1 aromatic carbocycles. The quantitative estimate of drug-likeness (QED) is 0.643. The lowest BCUT2D eigenvalue weighted by Gasteiger charge is -2.20. The molecule has 0 atom stereocenters. The van der Waals surface area contributed by atoms with Gasteiger partial charge >= 0.3 is 6.03 Å². The first kappa shape index (κ1) is 21.6. The first-order valence-corrected chi connectivity index (χ1v) is 10.8. The number of rotatable bonds is 4. The number of ether oxygens (including phenoxy) is 1. The van der Waals surface area contributed by atoms with Gasteiger partial charge in [0.05, 0.1) is 0 Å². The third-order valence-electron chi connectivity index (χ3n) is 5.76. The molecule has 4 nitrogen and oxygen atoms in total. The number of hydrogen-bond donors (Lipinski definition) is 2. The molecule has 0 radical (unpaired) electrons. The standard InChI is InChI=1S/C23H38N2O2/c1-18-15-16-19(2)22(20(18)3)27-17-24-23(26)25-21-13-11-9-7-5-4-6-8-10-12-14-21/h15-16,21H,4-14,17H2,1-3H3,(H2,24,25,26). The summed E-state index contributed by atoms with van der Waals surface area (Å²) < 4.78 is 5.85. The van der Waals surface area contributed by atoms with Gasteiger partial charge in [-0.2, -0.15) is 0 Å². The first-order chi connectivity index (χ1) is 13.1. The number of amides is 2. The van der Waals surface area contributed by atoms with Crippen LogP contribution in [0, 0.1) is 20.8 Å². The van der Waals surface area contributed by atoms with E-state index in [-0.39, 0.29) is 18.8 Å². The molecule has 1 fully saturated rings. The van der Waals surface area contributed by atoms with Gasteiger partial charge in [-0.25, -0.2) is 4.79 Å². The summed E-state index contributed by atoms with van der Waals surface area (Å²) in [5.41, 5.74) is 3.43. The van der Waals surface area contributed by atoms with Crippen molar-refractivity contribution in [1.29, 1.82) is 0 Å². The van der Waals surface area contributed by atoms with Crippen molar-refractivity contribution in [1.82, 2.24) is 10.6 Å². The van der Waals surface area contributed by atoms with Gasteiger partial charge in [0.1, 0.15) is 5.75 Å². The molecule has 1 aliphatic carbocycles. The summed E-state index contributed by atoms with van der Waals surface area (Å²) in [5.74, 6) is 0.876. The lowest BCUT2D eigenvalue weighted by Crippen LogP contribution is -2.43. The highest BCUT2D eigenvalue weighted by atomic mass is 16.5. The normalized spacial score (nSPS) is 17.4. The van der Waals surface area contributed by atoms with Gasteiger partial charge in [-0.1, -0.05) is 69.9 Å². The van der Waals surface area contributed by atoms with Crippen LogP contribution in [0.2, 0.25) is 0 Å². The summed E-state index contributed by atoms with van der Waals surface area (Å²) in [6.45, 7) is 6.37. The monoisotopic (exact) mass is 374 g/mol. The summed E-state index contributed by atoms with van der Waals surface area (Å²) in [6.07, 6.45) is 14.0. The predicted molar refractivity (Wildman–Crippen MR) is 112 cm³/mol. The van der Waals surface area contributed by atoms with Crippen LogP contribution in [0.15, 0.2) is 12.1 Å². The number of nitrogens with one attached hydrogen (secondary N) is 2. The minimum absolute atomic E-state index is 0.116. The molecule has 2 rings (SSSR count). The summed E-state index contributed by atoms with van der Waals surface area (Å²) in [7, 11) is 0. The van der Waals surface area contributed by atoms with Gasteiger partial charge in [-0.05, 0) is 50.3 Å². The van der Waals surface area contributed by atoms with Crippen molar-refractivity contribution in [3.05, 3.63) is 28.8 Å². The zero-order valence-electron chi connectivity index (χ0n) is 17.5. The fraction of sp³-hybridized carbons (Fsp3) is 0.696. The average molecular weight is 375 g/mol. The molecule has 1 saturated carbocycles. The third kappa shape index (κ3) is 7.82. The van der Waals surface area contributed by atoms with Crippen LogP contribution >= 0.6 is 0 Å². The molecule has 0 aliphatic heterocycles. The molecular formula is C23H38N2O2. The molecule has 27 heavy (non-hydrogen) atoms. The van der Waals surface area contributed by atoms with Gasteiger partial charge in [0.15, 0.2) is 6.73 Å². The number of carbonyl (C=O) groups excluding carboxylic acids is 1. The minimum Gasteiger partial charge on any atom is -0.473 e. The molecule has 0 bridgehead atoms. The maximum atomic E-state index is 12.3. The molecule has 1 aromatic rings. The topological polar surface area (TPSA) is 50.4 Å². The van der Waals surface area contributed by atoms with Crippen molar-refractivity contribution >= 4 is 6.03 Å². The molecule has 2 N–H and O–H groups in total. The molecule has 1 aliphatic rings. The van der Waals surface area contributed by atoms with Crippen molar-refractivity contribution in [2.45, 2.75) is 97.4 Å². The van der Waals surface area contributed by atoms with E-state index in [1.807, 2.05) is 6.92 Å². The zero-order chi connectivity index (χ0) is 19.5. The Morgan fingerprint density at radius 1 is 0.889 bits per heavy atom. The van der Waals surface area contributed by atoms with E-state index < -0.39 is 0 Å². The molecular weight excluding hydrogens is 336 g/mol. The maximum absolute atomic E-state index is 12.3. The van der Waals surface area contributed by atoms with Crippen molar-refractivity contribution in [3.63, 3.8) is 0 Å². The molecule has 2 amide bonds. The number of benzene rings is 1. The Labute approximate surface area is 165 Å². The predicted octanol–water partition coefficient (Wildman–Crippen LogP) is 5.92. The number of aryl methyl sites for hydroxylation is 2. The van der Waals surface area contributed by atoms with E-state index in [0.29, 0.717) is 0 Å². The highest BCUT2D eigenvalue weighted by Gasteiger charge is 2.13. The van der Waals surface area contributed by atoms with Crippen molar-refractivity contribution < 1.29 is 9.53 Å². The molecule has 0 heterocycles. The molecule has 0 saturated heterocycles. The van der Waals surface area contributed by atoms with Crippen LogP contribution < -0.4 is 15.4 Å². The van der Waals surface area contributed by atoms with E-state index >= 15 is 0 Å². The number of urea groups is 1. The molecule has 152 valence electrons. The van der Waals surface area contributed by atoms with Gasteiger partial charge in [0, 0.05) is 6.04 Å². The zero-order valence-corrected chi connectivity index (χ0v) is 17.5. The van der Waals surface area contributed by atoms with E-state index in [0.717, 1.165) is 29.7 Å². The maximum Gasteiger partial charge on any atom is 0.317 e. The number of hydrogen-bond acceptors (Lipinski definition) is 2. The molecule has 4 heteroatoms. The van der Waals surface area contributed by atoms with Crippen molar-refractivity contribution in [3.8, 4) is 5.75 Å². The van der Waals surface area contributed by atoms with Crippen LogP contribution in [-0.2, 0) is 0 Å². The summed E-state index contributed by atoms with van der Waals surface area (Å²) >= 11 is 0. The van der Waals surface area contributed by atoms with Gasteiger partial charge in [-0.15, -0.1) is 0 Å². The van der Waals surface area contributed by atoms with E-state index in [4.69, 9.17) is 4.74 Å². The molecule has 0 aromatic heterocycles. The average Bonchev–Trinajstić information content (AvgIpc) is 2.63. The SMILES string of the molecule is Cc1ccc(C)c(OCNC(=O)NC2CCCCCCCCCCC2)c1C. The van der Waals surface area contributed by atoms with Crippen molar-refractivity contribution in [2.24, 2.45) is 0 Å². The minimum atomic E-state index is -0.116. The molecule has 0 spiro atoms. The third-order valence-corrected chi connectivity index (χ3v) is 5.76. The van der Waals surface area contributed by atoms with E-state index in [2.05, 4.69) is 36.6 Å². The fourth-order valence-electron chi connectivity index (χ4n) is 3.87. The summed E-state index contributed by atoms with van der Waals surface area (Å²) in [4.78, 5) is 12.3. The van der Waals surface area contributed by atoms with Gasteiger partial charge in [-0.3, -0.25) is 0 Å². The van der Waals surface area contributed by atoms with Crippen LogP contribution in [0.3, 0.4) is 0 Å². The molecule has 0 unspecified atom stereocenters. The summed E-state index contributed by atoms with van der Waals surface area (Å²) in [6, 6.07) is 4.33. The van der Waals surface area contributed by atoms with Crippen LogP contribution in [0.5, 0.6) is 5.75 Å². The van der Waals surface area contributed by atoms with Crippen LogP contribution in [0.4, 0.5) is 4.79 Å². The second-order valence-corrected chi connectivity index (χ2v) is 8.05. The van der Waals surface area contributed by atoms with Crippen LogP contribution in [-0.4, -0.2) is 18.8 Å². The van der Waals surface area contributed by atoms with E-state index in [1.54, 1.807) is 0 Å². The Bertz CT molecular complexity index is 574. The Hall–Kier alpha value is -1.71. The largest absolute Gasteiger partial charge is 0.473 e. The first-order valence-electron chi connectivity index (χ1n) is 10.8. The lowest BCUT2D eigenvalue weighted by molar-refractivity contribution is 0.217. The highest BCUT2D eigenvalue weighted by Crippen LogP contribution is 2.25. The van der Waals surface area contributed by atoms with Crippen LogP contribution in [0.25, 0.3) is 0 Å². The second kappa shape index (κ2) is 11.9. The second-order valence-electron chi connectivity index (χ2n) is 8.05. The van der Waals surface area contributed by atoms with E-state index in [1.165, 1.54) is 63.4 Å². The Morgan fingerprint density at radius 2 is 1.41 bits per heavy atom. The van der Waals surface area contributed by atoms with Crippen LogP contribution in [0.1, 0.15) is 87.3 Å². The fourth-order valence-corrected chi connectivity index (χ4v) is 3.87. The van der Waals surface area contributed by atoms with Gasteiger partial charge in [0.2, 0.25) is 0 Å². The smallest absolute Gasteiger partial charge is 0.317 e.